The van der Waals surface area contributed by atoms with E-state index in [2.05, 4.69) is 15.8 Å². The van der Waals surface area contributed by atoms with Gasteiger partial charge in [-0.05, 0) is 27.2 Å². The summed E-state index contributed by atoms with van der Waals surface area (Å²) in [6, 6.07) is 0. The fourth-order valence-corrected chi connectivity index (χ4v) is 8.20. The van der Waals surface area contributed by atoms with E-state index in [0.29, 0.717) is 0 Å². The fraction of sp³-hybridized carbons (Fsp3) is 0.591. The SMILES string of the molecule is CCC1(c2csc(N)n2)NOP(C)(=O)C(OC(C)=O)(C2=C(C(=O)OC(C)(C)C)N3C(=O)C[C@H]3SC2)NC1=O. The van der Waals surface area contributed by atoms with Crippen LogP contribution in [0.15, 0.2) is 16.7 Å². The summed E-state index contributed by atoms with van der Waals surface area (Å²) < 4.78 is 31.3. The number of hydrogen-bond donors (Lipinski definition) is 3. The second-order valence-electron chi connectivity index (χ2n) is 10.1. The van der Waals surface area contributed by atoms with E-state index in [0.717, 1.165) is 18.3 Å². The first-order valence-corrected chi connectivity index (χ1v) is 15.7. The number of thiazole rings is 1. The van der Waals surface area contributed by atoms with E-state index in [9.17, 15) is 23.7 Å². The topological polar surface area (TPSA) is 179 Å². The molecule has 0 spiro atoms. The second-order valence-corrected chi connectivity index (χ2v) is 14.7. The Balaban J connectivity index is 1.96. The van der Waals surface area contributed by atoms with Crippen molar-refractivity contribution < 1.29 is 37.8 Å². The summed E-state index contributed by atoms with van der Waals surface area (Å²) in [6.45, 7) is 8.87. The van der Waals surface area contributed by atoms with Crippen molar-refractivity contribution >= 4 is 59.4 Å². The molecule has 38 heavy (non-hydrogen) atoms. The van der Waals surface area contributed by atoms with Crippen LogP contribution in [0.4, 0.5) is 5.13 Å². The number of fused-ring (bicyclic) bond motifs is 1. The molecule has 4 heterocycles. The molecule has 0 radical (unpaired) electrons. The van der Waals surface area contributed by atoms with Gasteiger partial charge in [0.05, 0.1) is 17.5 Å². The van der Waals surface area contributed by atoms with Crippen LogP contribution in [0.2, 0.25) is 0 Å². The maximum Gasteiger partial charge on any atom is 0.355 e. The Labute approximate surface area is 227 Å². The lowest BCUT2D eigenvalue weighted by molar-refractivity contribution is -0.159. The highest BCUT2D eigenvalue weighted by Gasteiger charge is 2.64. The van der Waals surface area contributed by atoms with Gasteiger partial charge in [-0.15, -0.1) is 23.1 Å². The molecule has 0 aliphatic carbocycles. The van der Waals surface area contributed by atoms with E-state index in [-0.39, 0.29) is 52.0 Å². The Morgan fingerprint density at radius 3 is 2.58 bits per heavy atom. The molecule has 1 aromatic rings. The van der Waals surface area contributed by atoms with Crippen molar-refractivity contribution in [3.8, 4) is 0 Å². The van der Waals surface area contributed by atoms with Crippen molar-refractivity contribution in [2.24, 2.45) is 0 Å². The van der Waals surface area contributed by atoms with Crippen LogP contribution in [-0.2, 0) is 43.4 Å². The predicted octanol–water partition coefficient (Wildman–Crippen LogP) is 2.01. The van der Waals surface area contributed by atoms with Crippen LogP contribution in [-0.4, -0.2) is 62.5 Å². The molecule has 16 heteroatoms. The lowest BCUT2D eigenvalue weighted by Gasteiger charge is -2.48. The molecule has 0 bridgehead atoms. The van der Waals surface area contributed by atoms with Crippen molar-refractivity contribution in [3.05, 3.63) is 22.3 Å². The summed E-state index contributed by atoms with van der Waals surface area (Å²) >= 11 is 2.37. The third-order valence-electron chi connectivity index (χ3n) is 6.27. The molecule has 3 unspecified atom stereocenters. The number of ether oxygens (including phenoxy) is 2. The number of rotatable bonds is 5. The number of anilines is 1. The molecule has 0 saturated carbocycles. The number of nitrogens with one attached hydrogen (secondary N) is 2. The van der Waals surface area contributed by atoms with Crippen molar-refractivity contribution in [2.45, 2.75) is 69.4 Å². The van der Waals surface area contributed by atoms with Crippen LogP contribution in [0.5, 0.6) is 0 Å². The number of amides is 2. The number of aromatic nitrogens is 1. The molecule has 2 fully saturated rings. The van der Waals surface area contributed by atoms with Gasteiger partial charge in [0.25, 0.3) is 18.7 Å². The summed E-state index contributed by atoms with van der Waals surface area (Å²) in [4.78, 5) is 58.1. The molecule has 13 nitrogen and oxygen atoms in total. The molecule has 4 atom stereocenters. The minimum atomic E-state index is -4.27. The summed E-state index contributed by atoms with van der Waals surface area (Å²) in [5, 5.41) is 4.01. The maximum absolute atomic E-state index is 14.4. The third-order valence-corrected chi connectivity index (χ3v) is 10.2. The maximum atomic E-state index is 14.4. The number of β-lactam (4-membered cyclic amide) rings is 1. The minimum absolute atomic E-state index is 0.0133. The van der Waals surface area contributed by atoms with Gasteiger partial charge in [-0.1, -0.05) is 6.92 Å². The largest absolute Gasteiger partial charge is 0.455 e. The van der Waals surface area contributed by atoms with Crippen LogP contribution >= 0.6 is 30.5 Å². The van der Waals surface area contributed by atoms with E-state index >= 15 is 0 Å². The predicted molar refractivity (Wildman–Crippen MR) is 139 cm³/mol. The molecule has 4 N–H and O–H groups in total. The molecule has 2 amide bonds. The molecule has 3 aliphatic heterocycles. The van der Waals surface area contributed by atoms with Gasteiger partial charge in [0, 0.05) is 30.3 Å². The first-order chi connectivity index (χ1) is 17.6. The van der Waals surface area contributed by atoms with E-state index in [1.807, 2.05) is 0 Å². The molecule has 0 aromatic carbocycles. The number of hydroxylamine groups is 1. The Morgan fingerprint density at radius 2 is 2.05 bits per heavy atom. The van der Waals surface area contributed by atoms with Gasteiger partial charge < -0.3 is 20.5 Å². The fourth-order valence-electron chi connectivity index (χ4n) is 4.39. The average Bonchev–Trinajstić information content (AvgIpc) is 3.19. The second kappa shape index (κ2) is 9.63. The van der Waals surface area contributed by atoms with Crippen molar-refractivity contribution in [1.82, 2.24) is 20.7 Å². The van der Waals surface area contributed by atoms with Crippen molar-refractivity contribution in [2.75, 3.05) is 18.2 Å². The Kier molecular flexibility index (Phi) is 7.24. The van der Waals surface area contributed by atoms with Gasteiger partial charge in [-0.3, -0.25) is 23.8 Å². The summed E-state index contributed by atoms with van der Waals surface area (Å²) in [7, 11) is -4.27. The van der Waals surface area contributed by atoms with Crippen LogP contribution in [0.3, 0.4) is 0 Å². The van der Waals surface area contributed by atoms with E-state index in [1.165, 1.54) is 23.3 Å². The van der Waals surface area contributed by atoms with Gasteiger partial charge in [0.1, 0.15) is 11.3 Å². The highest BCUT2D eigenvalue weighted by molar-refractivity contribution is 8.00. The van der Waals surface area contributed by atoms with Crippen LogP contribution in [0, 0.1) is 0 Å². The Bertz CT molecular complexity index is 1290. The van der Waals surface area contributed by atoms with Gasteiger partial charge in [0.15, 0.2) is 10.7 Å². The first kappa shape index (κ1) is 28.6. The molecule has 4 rings (SSSR count). The number of esters is 2. The molecule has 2 saturated heterocycles. The van der Waals surface area contributed by atoms with Gasteiger partial charge in [-0.25, -0.2) is 14.4 Å². The average molecular weight is 588 g/mol. The van der Waals surface area contributed by atoms with E-state index in [1.54, 1.807) is 33.1 Å². The number of thioether (sulfide) groups is 1. The van der Waals surface area contributed by atoms with Crippen LogP contribution in [0.1, 0.15) is 53.2 Å². The number of carbonyl (C=O) groups excluding carboxylic acids is 4. The van der Waals surface area contributed by atoms with Gasteiger partial charge in [0.2, 0.25) is 5.91 Å². The zero-order valence-corrected chi connectivity index (χ0v) is 24.3. The first-order valence-electron chi connectivity index (χ1n) is 11.7. The van der Waals surface area contributed by atoms with E-state index in [4.69, 9.17) is 19.8 Å². The number of hydrogen-bond acceptors (Lipinski definition) is 13. The van der Waals surface area contributed by atoms with Crippen LogP contribution < -0.4 is 16.5 Å². The number of carbonyl (C=O) groups is 4. The van der Waals surface area contributed by atoms with Crippen molar-refractivity contribution in [3.63, 3.8) is 0 Å². The van der Waals surface area contributed by atoms with Crippen LogP contribution in [0.25, 0.3) is 0 Å². The zero-order chi connectivity index (χ0) is 28.3. The Morgan fingerprint density at radius 1 is 1.37 bits per heavy atom. The highest BCUT2D eigenvalue weighted by atomic mass is 32.2. The molecule has 208 valence electrons. The normalized spacial score (nSPS) is 31.6. The summed E-state index contributed by atoms with van der Waals surface area (Å²) in [5.74, 6) is -2.97. The Hall–Kier alpha value is -2.45. The van der Waals surface area contributed by atoms with Gasteiger partial charge in [-0.2, -0.15) is 5.48 Å². The number of nitrogen functional groups attached to an aromatic ring is 1. The van der Waals surface area contributed by atoms with E-state index < -0.39 is 41.8 Å². The molecule has 3 aliphatic rings. The third kappa shape index (κ3) is 4.64. The summed E-state index contributed by atoms with van der Waals surface area (Å²) in [6.07, 6.45) is 0.265. The highest BCUT2D eigenvalue weighted by Crippen LogP contribution is 2.62. The molecular weight excluding hydrogens is 557 g/mol. The van der Waals surface area contributed by atoms with Crippen molar-refractivity contribution in [1.29, 1.82) is 0 Å². The molecular formula is C22H30N5O8PS2. The quantitative estimate of drug-likeness (QED) is 0.260. The minimum Gasteiger partial charge on any atom is -0.455 e. The molecule has 1 aromatic heterocycles. The van der Waals surface area contributed by atoms with Gasteiger partial charge >= 0.3 is 11.9 Å². The number of nitrogens with zero attached hydrogens (tertiary/aromatic N) is 2. The summed E-state index contributed by atoms with van der Waals surface area (Å²) in [5.41, 5.74) is 3.24. The zero-order valence-electron chi connectivity index (χ0n) is 21.8. The smallest absolute Gasteiger partial charge is 0.355 e. The standard InChI is InChI=1S/C22H30N5O8PS2/c1-7-21(13-10-38-19(23)24-13)18(31)25-22(33-11(2)28,36(6,32)35-26-21)12-9-37-15-8-14(29)27(15)16(12)17(30)34-20(3,4)5/h10,15,26H,7-9H2,1-6H3,(H2,23,24)(H,25,31)/t15-,21?,22?,36?/m1/s1. The monoisotopic (exact) mass is 587 g/mol. The lowest BCUT2D eigenvalue weighted by Crippen LogP contribution is -2.62. The number of nitrogens with two attached hydrogens (primary N) is 1. The lowest BCUT2D eigenvalue weighted by atomic mass is 9.92.